The minimum Gasteiger partial charge on any atom is -0.273 e. The van der Waals surface area contributed by atoms with Crippen LogP contribution in [0.5, 0.6) is 0 Å². The normalized spacial score (nSPS) is 16.3. The fourth-order valence-electron chi connectivity index (χ4n) is 3.48. The molecule has 25 heavy (non-hydrogen) atoms. The zero-order valence-electron chi connectivity index (χ0n) is 15.3. The molecule has 1 N–H and O–H groups in total. The number of amides is 1. The van der Waals surface area contributed by atoms with Gasteiger partial charge in [-0.15, -0.1) is 0 Å². The molecule has 7 heteroatoms. The molecular weight excluding hydrogens is 318 g/mol. The first kappa shape index (κ1) is 17.6. The summed E-state index contributed by atoms with van der Waals surface area (Å²) >= 11 is 0. The third-order valence-corrected chi connectivity index (χ3v) is 4.87. The molecule has 0 bridgehead atoms. The third-order valence-electron chi connectivity index (χ3n) is 4.87. The highest BCUT2D eigenvalue weighted by Crippen LogP contribution is 2.27. The number of fused-ring (bicyclic) bond motifs is 1. The molecule has 0 spiro atoms. The van der Waals surface area contributed by atoms with Crippen LogP contribution in [0.1, 0.15) is 65.7 Å². The minimum atomic E-state index is -0.300. The molecule has 2 aromatic heterocycles. The Morgan fingerprint density at radius 2 is 2.00 bits per heavy atom. The Labute approximate surface area is 147 Å². The van der Waals surface area contributed by atoms with Gasteiger partial charge < -0.3 is 0 Å². The van der Waals surface area contributed by atoms with Crippen molar-refractivity contribution >= 4 is 16.9 Å². The van der Waals surface area contributed by atoms with Crippen molar-refractivity contribution in [1.82, 2.24) is 19.4 Å². The summed E-state index contributed by atoms with van der Waals surface area (Å²) in [4.78, 5) is 29.1. The Morgan fingerprint density at radius 1 is 1.28 bits per heavy atom. The standard InChI is InChI=1S/C18H27N5O2/c1-18(2,3)23-16-14(11-20-23)17(25)22(12-19-16)21-15(24)10-9-13-7-5-4-6-8-13/h11-13H,4-10H2,1-3H3,(H,21,24). The molecule has 0 unspecified atom stereocenters. The van der Waals surface area contributed by atoms with Crippen molar-refractivity contribution in [3.05, 3.63) is 22.9 Å². The highest BCUT2D eigenvalue weighted by atomic mass is 16.2. The van der Waals surface area contributed by atoms with Gasteiger partial charge in [0.2, 0.25) is 5.91 Å². The Balaban J connectivity index is 1.70. The molecule has 1 amide bonds. The summed E-state index contributed by atoms with van der Waals surface area (Å²) in [7, 11) is 0. The Kier molecular flexibility index (Phi) is 4.92. The molecule has 2 aromatic rings. The predicted octanol–water partition coefficient (Wildman–Crippen LogP) is 2.78. The summed E-state index contributed by atoms with van der Waals surface area (Å²) in [5.74, 6) is 0.499. The van der Waals surface area contributed by atoms with Crippen molar-refractivity contribution in [3.63, 3.8) is 0 Å². The molecule has 2 heterocycles. The molecule has 0 saturated heterocycles. The molecule has 0 radical (unpaired) electrons. The van der Waals surface area contributed by atoms with E-state index in [1.165, 1.54) is 49.3 Å². The third kappa shape index (κ3) is 3.91. The highest BCUT2D eigenvalue weighted by Gasteiger charge is 2.20. The van der Waals surface area contributed by atoms with Gasteiger partial charge in [-0.2, -0.15) is 5.10 Å². The van der Waals surface area contributed by atoms with E-state index < -0.39 is 0 Å². The second kappa shape index (κ2) is 6.98. The minimum absolute atomic E-state index is 0.142. The number of carbonyl (C=O) groups is 1. The fraction of sp³-hybridized carbons (Fsp3) is 0.667. The predicted molar refractivity (Wildman–Crippen MR) is 97.0 cm³/mol. The summed E-state index contributed by atoms with van der Waals surface area (Å²) in [6.45, 7) is 6.00. The zero-order valence-corrected chi connectivity index (χ0v) is 15.3. The number of rotatable bonds is 4. The fourth-order valence-corrected chi connectivity index (χ4v) is 3.48. The number of carbonyl (C=O) groups excluding carboxylic acids is 1. The van der Waals surface area contributed by atoms with Gasteiger partial charge in [0.1, 0.15) is 11.7 Å². The molecule has 1 fully saturated rings. The lowest BCUT2D eigenvalue weighted by molar-refractivity contribution is -0.117. The number of aromatic nitrogens is 4. The van der Waals surface area contributed by atoms with Crippen molar-refractivity contribution in [2.24, 2.45) is 5.92 Å². The van der Waals surface area contributed by atoms with Crippen LogP contribution in [-0.4, -0.2) is 25.3 Å². The van der Waals surface area contributed by atoms with Gasteiger partial charge in [-0.1, -0.05) is 32.1 Å². The van der Waals surface area contributed by atoms with E-state index in [1.807, 2.05) is 20.8 Å². The van der Waals surface area contributed by atoms with Gasteiger partial charge in [0, 0.05) is 6.42 Å². The number of hydrogen-bond acceptors (Lipinski definition) is 4. The average molecular weight is 345 g/mol. The lowest BCUT2D eigenvalue weighted by Gasteiger charge is -2.21. The van der Waals surface area contributed by atoms with E-state index in [2.05, 4.69) is 15.5 Å². The maximum atomic E-state index is 12.6. The van der Waals surface area contributed by atoms with Gasteiger partial charge in [0.15, 0.2) is 5.65 Å². The van der Waals surface area contributed by atoms with Gasteiger partial charge >= 0.3 is 0 Å². The van der Waals surface area contributed by atoms with E-state index in [-0.39, 0.29) is 17.0 Å². The van der Waals surface area contributed by atoms with Crippen molar-refractivity contribution in [2.45, 2.75) is 71.3 Å². The van der Waals surface area contributed by atoms with Crippen LogP contribution in [0.15, 0.2) is 17.3 Å². The lowest BCUT2D eigenvalue weighted by Crippen LogP contribution is -2.33. The van der Waals surface area contributed by atoms with Crippen LogP contribution in [-0.2, 0) is 10.3 Å². The first-order valence-corrected chi connectivity index (χ1v) is 9.12. The van der Waals surface area contributed by atoms with E-state index in [0.717, 1.165) is 6.42 Å². The summed E-state index contributed by atoms with van der Waals surface area (Å²) in [6.07, 6.45) is 10.5. The van der Waals surface area contributed by atoms with Crippen LogP contribution < -0.4 is 11.0 Å². The molecular formula is C18H27N5O2. The van der Waals surface area contributed by atoms with Crippen molar-refractivity contribution in [1.29, 1.82) is 0 Å². The Bertz CT molecular complexity index is 809. The largest absolute Gasteiger partial charge is 0.283 e. The molecule has 3 rings (SSSR count). The van der Waals surface area contributed by atoms with Crippen molar-refractivity contribution in [2.75, 3.05) is 5.43 Å². The summed E-state index contributed by atoms with van der Waals surface area (Å²) in [5.41, 5.74) is 2.62. The van der Waals surface area contributed by atoms with E-state index in [1.54, 1.807) is 4.68 Å². The average Bonchev–Trinajstić information content (AvgIpc) is 3.02. The number of nitrogens with one attached hydrogen (secondary N) is 1. The van der Waals surface area contributed by atoms with E-state index in [0.29, 0.717) is 23.4 Å². The van der Waals surface area contributed by atoms with Crippen LogP contribution in [0.3, 0.4) is 0 Å². The summed E-state index contributed by atoms with van der Waals surface area (Å²) in [5, 5.41) is 4.68. The summed E-state index contributed by atoms with van der Waals surface area (Å²) < 4.78 is 2.89. The second-order valence-corrected chi connectivity index (χ2v) is 7.96. The Hall–Kier alpha value is -2.18. The molecule has 1 saturated carbocycles. The number of hydrogen-bond donors (Lipinski definition) is 1. The molecule has 1 aliphatic carbocycles. The molecule has 136 valence electrons. The smallest absolute Gasteiger partial charge is 0.273 e. The van der Waals surface area contributed by atoms with E-state index in [4.69, 9.17) is 0 Å². The van der Waals surface area contributed by atoms with Crippen LogP contribution in [0, 0.1) is 5.92 Å². The van der Waals surface area contributed by atoms with Crippen LogP contribution in [0.4, 0.5) is 0 Å². The van der Waals surface area contributed by atoms with Gasteiger partial charge in [-0.3, -0.25) is 15.0 Å². The van der Waals surface area contributed by atoms with E-state index in [9.17, 15) is 9.59 Å². The second-order valence-electron chi connectivity index (χ2n) is 7.96. The SMILES string of the molecule is CC(C)(C)n1ncc2c(=O)n(NC(=O)CCC3CCCCC3)cnc21. The summed E-state index contributed by atoms with van der Waals surface area (Å²) in [6, 6.07) is 0. The van der Waals surface area contributed by atoms with Crippen molar-refractivity contribution < 1.29 is 4.79 Å². The van der Waals surface area contributed by atoms with Gasteiger partial charge in [-0.25, -0.2) is 14.3 Å². The van der Waals surface area contributed by atoms with Crippen molar-refractivity contribution in [3.8, 4) is 0 Å². The van der Waals surface area contributed by atoms with Crippen LogP contribution >= 0.6 is 0 Å². The van der Waals surface area contributed by atoms with Crippen LogP contribution in [0.2, 0.25) is 0 Å². The zero-order chi connectivity index (χ0) is 18.0. The topological polar surface area (TPSA) is 81.8 Å². The van der Waals surface area contributed by atoms with Gasteiger partial charge in [-0.05, 0) is 33.1 Å². The number of nitrogens with zero attached hydrogens (tertiary/aromatic N) is 4. The maximum Gasteiger partial charge on any atom is 0.283 e. The van der Waals surface area contributed by atoms with Crippen LogP contribution in [0.25, 0.3) is 11.0 Å². The molecule has 0 aromatic carbocycles. The highest BCUT2D eigenvalue weighted by molar-refractivity contribution is 5.84. The first-order valence-electron chi connectivity index (χ1n) is 9.12. The van der Waals surface area contributed by atoms with E-state index >= 15 is 0 Å². The first-order chi connectivity index (χ1) is 11.9. The monoisotopic (exact) mass is 345 g/mol. The van der Waals surface area contributed by atoms with Gasteiger partial charge in [0.05, 0.1) is 11.7 Å². The molecule has 7 nitrogen and oxygen atoms in total. The molecule has 1 aliphatic rings. The molecule has 0 aliphatic heterocycles. The quantitative estimate of drug-likeness (QED) is 0.924. The molecule has 0 atom stereocenters. The maximum absolute atomic E-state index is 12.6. The van der Waals surface area contributed by atoms with Gasteiger partial charge in [0.25, 0.3) is 5.56 Å². The Morgan fingerprint density at radius 3 is 2.68 bits per heavy atom. The lowest BCUT2D eigenvalue weighted by atomic mass is 9.86.